The molecule has 0 heterocycles. The molecule has 1 unspecified atom stereocenters. The molecule has 0 aromatic heterocycles. The first-order chi connectivity index (χ1) is 26.0. The summed E-state index contributed by atoms with van der Waals surface area (Å²) in [4.78, 5) is 37.6. The van der Waals surface area contributed by atoms with E-state index in [-0.39, 0.29) is 31.1 Å². The Morgan fingerprint density at radius 1 is 0.377 bits per heavy atom. The first kappa shape index (κ1) is 50.6. The molecule has 0 aromatic carbocycles. The van der Waals surface area contributed by atoms with Crippen molar-refractivity contribution in [3.05, 3.63) is 36.5 Å². The van der Waals surface area contributed by atoms with E-state index in [0.29, 0.717) is 19.3 Å². The molecule has 6 heteroatoms. The van der Waals surface area contributed by atoms with Gasteiger partial charge in [0.15, 0.2) is 6.10 Å². The van der Waals surface area contributed by atoms with Crippen molar-refractivity contribution in [1.82, 2.24) is 0 Å². The second-order valence-corrected chi connectivity index (χ2v) is 15.0. The molecule has 0 saturated heterocycles. The molecule has 0 N–H and O–H groups in total. The zero-order valence-electron chi connectivity index (χ0n) is 35.0. The lowest BCUT2D eigenvalue weighted by molar-refractivity contribution is -0.167. The standard InChI is InChI=1S/C47H84O6/c1-4-7-10-13-16-19-21-23-24-25-27-28-31-34-37-40-46(49)52-43-44(42-51-45(48)39-36-33-30-18-15-12-9-6-3)53-47(50)41-38-35-32-29-26-22-20-17-14-11-8-5-2/h16-17,19-20,23-24,44H,4-15,18,21-22,25-43H2,1-3H3/b19-16-,20-17-,24-23-. The van der Waals surface area contributed by atoms with Crippen LogP contribution in [0, 0.1) is 0 Å². The number of unbranched alkanes of at least 4 members (excludes halogenated alkanes) is 23. The van der Waals surface area contributed by atoms with Crippen LogP contribution in [0.1, 0.15) is 226 Å². The van der Waals surface area contributed by atoms with Crippen LogP contribution in [-0.4, -0.2) is 37.2 Å². The molecular formula is C47H84O6. The van der Waals surface area contributed by atoms with Crippen molar-refractivity contribution in [2.24, 2.45) is 0 Å². The fourth-order valence-electron chi connectivity index (χ4n) is 6.17. The smallest absolute Gasteiger partial charge is 0.306 e. The van der Waals surface area contributed by atoms with Crippen molar-refractivity contribution < 1.29 is 28.6 Å². The third-order valence-corrected chi connectivity index (χ3v) is 9.62. The number of allylic oxidation sites excluding steroid dienone is 6. The van der Waals surface area contributed by atoms with Gasteiger partial charge in [0, 0.05) is 19.3 Å². The third-order valence-electron chi connectivity index (χ3n) is 9.62. The van der Waals surface area contributed by atoms with Gasteiger partial charge in [-0.2, -0.15) is 0 Å². The van der Waals surface area contributed by atoms with E-state index >= 15 is 0 Å². The first-order valence-electron chi connectivity index (χ1n) is 22.5. The molecule has 0 aromatic rings. The maximum Gasteiger partial charge on any atom is 0.306 e. The van der Waals surface area contributed by atoms with E-state index in [9.17, 15) is 14.4 Å². The predicted octanol–water partition coefficient (Wildman–Crippen LogP) is 14.2. The topological polar surface area (TPSA) is 78.9 Å². The van der Waals surface area contributed by atoms with E-state index < -0.39 is 6.10 Å². The van der Waals surface area contributed by atoms with Crippen LogP contribution >= 0.6 is 0 Å². The van der Waals surface area contributed by atoms with Gasteiger partial charge in [-0.15, -0.1) is 0 Å². The van der Waals surface area contributed by atoms with Gasteiger partial charge in [0.25, 0.3) is 0 Å². The number of carbonyl (C=O) groups is 3. The van der Waals surface area contributed by atoms with Crippen molar-refractivity contribution >= 4 is 17.9 Å². The van der Waals surface area contributed by atoms with Gasteiger partial charge in [0.2, 0.25) is 0 Å². The van der Waals surface area contributed by atoms with E-state index in [4.69, 9.17) is 14.2 Å². The van der Waals surface area contributed by atoms with Crippen LogP contribution in [0.15, 0.2) is 36.5 Å². The lowest BCUT2D eigenvalue weighted by Crippen LogP contribution is -2.30. The Balaban J connectivity index is 4.36. The first-order valence-corrected chi connectivity index (χ1v) is 22.5. The number of hydrogen-bond acceptors (Lipinski definition) is 6. The van der Waals surface area contributed by atoms with Crippen molar-refractivity contribution in [2.45, 2.75) is 232 Å². The van der Waals surface area contributed by atoms with Crippen LogP contribution in [0.4, 0.5) is 0 Å². The van der Waals surface area contributed by atoms with Crippen LogP contribution in [-0.2, 0) is 28.6 Å². The number of hydrogen-bond donors (Lipinski definition) is 0. The predicted molar refractivity (Wildman–Crippen MR) is 224 cm³/mol. The normalized spacial score (nSPS) is 12.3. The largest absolute Gasteiger partial charge is 0.462 e. The summed E-state index contributed by atoms with van der Waals surface area (Å²) in [5.41, 5.74) is 0. The molecule has 0 fully saturated rings. The average molecular weight is 745 g/mol. The summed E-state index contributed by atoms with van der Waals surface area (Å²) >= 11 is 0. The second kappa shape index (κ2) is 42.4. The second-order valence-electron chi connectivity index (χ2n) is 15.0. The Hall–Kier alpha value is -2.37. The molecule has 53 heavy (non-hydrogen) atoms. The minimum Gasteiger partial charge on any atom is -0.462 e. The van der Waals surface area contributed by atoms with Crippen LogP contribution in [0.5, 0.6) is 0 Å². The van der Waals surface area contributed by atoms with Crippen molar-refractivity contribution in [3.63, 3.8) is 0 Å². The lowest BCUT2D eigenvalue weighted by atomic mass is 10.1. The minimum atomic E-state index is -0.775. The quantitative estimate of drug-likeness (QED) is 0.0269. The van der Waals surface area contributed by atoms with E-state index in [1.54, 1.807) is 0 Å². The van der Waals surface area contributed by atoms with Crippen LogP contribution in [0.2, 0.25) is 0 Å². The number of carbonyl (C=O) groups excluding carboxylic acids is 3. The number of rotatable bonds is 40. The molecule has 0 aliphatic heterocycles. The van der Waals surface area contributed by atoms with Crippen molar-refractivity contribution in [2.75, 3.05) is 13.2 Å². The highest BCUT2D eigenvalue weighted by molar-refractivity contribution is 5.71. The van der Waals surface area contributed by atoms with Gasteiger partial charge in [-0.1, -0.05) is 166 Å². The zero-order chi connectivity index (χ0) is 38.7. The Morgan fingerprint density at radius 2 is 0.679 bits per heavy atom. The van der Waals surface area contributed by atoms with Gasteiger partial charge >= 0.3 is 17.9 Å². The van der Waals surface area contributed by atoms with E-state index in [1.165, 1.54) is 96.3 Å². The molecule has 0 saturated carbocycles. The molecule has 0 aliphatic rings. The summed E-state index contributed by atoms with van der Waals surface area (Å²) in [6, 6.07) is 0. The molecule has 6 nitrogen and oxygen atoms in total. The maximum absolute atomic E-state index is 12.7. The highest BCUT2D eigenvalue weighted by Crippen LogP contribution is 2.13. The summed E-state index contributed by atoms with van der Waals surface area (Å²) < 4.78 is 16.6. The Kier molecular flexibility index (Phi) is 40.5. The van der Waals surface area contributed by atoms with Gasteiger partial charge in [-0.3, -0.25) is 14.4 Å². The summed E-state index contributed by atoms with van der Waals surface area (Å²) in [7, 11) is 0. The zero-order valence-corrected chi connectivity index (χ0v) is 35.0. The van der Waals surface area contributed by atoms with Gasteiger partial charge in [-0.25, -0.2) is 0 Å². The molecule has 1 atom stereocenters. The summed E-state index contributed by atoms with van der Waals surface area (Å²) in [5, 5.41) is 0. The molecule has 308 valence electrons. The summed E-state index contributed by atoms with van der Waals surface area (Å²) in [6.07, 6.45) is 47.0. The van der Waals surface area contributed by atoms with Crippen molar-refractivity contribution in [3.8, 4) is 0 Å². The summed E-state index contributed by atoms with van der Waals surface area (Å²) in [6.45, 7) is 6.53. The monoisotopic (exact) mass is 745 g/mol. The van der Waals surface area contributed by atoms with Crippen LogP contribution in [0.3, 0.4) is 0 Å². The summed E-state index contributed by atoms with van der Waals surface area (Å²) in [5.74, 6) is -0.906. The third kappa shape index (κ3) is 40.6. The minimum absolute atomic E-state index is 0.0788. The molecule has 0 amide bonds. The Morgan fingerprint density at radius 3 is 1.09 bits per heavy atom. The molecule has 0 bridgehead atoms. The highest BCUT2D eigenvalue weighted by Gasteiger charge is 2.19. The van der Waals surface area contributed by atoms with E-state index in [0.717, 1.165) is 89.9 Å². The molecule has 0 aliphatic carbocycles. The van der Waals surface area contributed by atoms with Gasteiger partial charge in [0.1, 0.15) is 13.2 Å². The van der Waals surface area contributed by atoms with Crippen molar-refractivity contribution in [1.29, 1.82) is 0 Å². The van der Waals surface area contributed by atoms with Crippen LogP contribution < -0.4 is 0 Å². The SMILES string of the molecule is CCCCC/C=C\C/C=C\CCCCCCCC(=O)OCC(COC(=O)CCCCCCCCCC)OC(=O)CCCCCCC/C=C\CCCCC. The molecule has 0 rings (SSSR count). The van der Waals surface area contributed by atoms with Crippen LogP contribution in [0.25, 0.3) is 0 Å². The number of ether oxygens (including phenoxy) is 3. The van der Waals surface area contributed by atoms with Gasteiger partial charge in [0.05, 0.1) is 0 Å². The Labute approximate surface area is 327 Å². The molecule has 0 radical (unpaired) electrons. The molecule has 0 spiro atoms. The fourth-order valence-corrected chi connectivity index (χ4v) is 6.17. The fraction of sp³-hybridized carbons (Fsp3) is 0.809. The van der Waals surface area contributed by atoms with E-state index in [2.05, 4.69) is 57.2 Å². The highest BCUT2D eigenvalue weighted by atomic mass is 16.6. The van der Waals surface area contributed by atoms with E-state index in [1.807, 2.05) is 0 Å². The maximum atomic E-state index is 12.7. The van der Waals surface area contributed by atoms with Gasteiger partial charge < -0.3 is 14.2 Å². The Bertz CT molecular complexity index is 907. The molecular weight excluding hydrogens is 661 g/mol. The number of esters is 3. The average Bonchev–Trinajstić information content (AvgIpc) is 3.15. The lowest BCUT2D eigenvalue weighted by Gasteiger charge is -2.18. The van der Waals surface area contributed by atoms with Gasteiger partial charge in [-0.05, 0) is 77.0 Å².